The summed E-state index contributed by atoms with van der Waals surface area (Å²) in [5.74, 6) is 1.25. The van der Waals surface area contributed by atoms with E-state index in [1.54, 1.807) is 6.07 Å². The van der Waals surface area contributed by atoms with Gasteiger partial charge in [0.05, 0.1) is 0 Å². The standard InChI is InChI=1S/C17H23N3O/c1-12-11-15(20-16(19-12)14-7-8-14)17(21)18-10-9-13-5-3-2-4-6-13/h5,11,14H,2-4,6-10H2,1H3,(H,18,21). The Kier molecular flexibility index (Phi) is 4.32. The van der Waals surface area contributed by atoms with Gasteiger partial charge in [-0.1, -0.05) is 11.6 Å². The van der Waals surface area contributed by atoms with Gasteiger partial charge < -0.3 is 5.32 Å². The summed E-state index contributed by atoms with van der Waals surface area (Å²) in [5, 5.41) is 2.99. The van der Waals surface area contributed by atoms with Crippen LogP contribution < -0.4 is 5.32 Å². The molecule has 1 aromatic heterocycles. The maximum absolute atomic E-state index is 12.2. The predicted octanol–water partition coefficient (Wildman–Crippen LogP) is 3.28. The van der Waals surface area contributed by atoms with Crippen LogP contribution in [0.4, 0.5) is 0 Å². The van der Waals surface area contributed by atoms with Gasteiger partial charge in [0.25, 0.3) is 5.91 Å². The molecule has 0 aromatic carbocycles. The second kappa shape index (κ2) is 6.37. The lowest BCUT2D eigenvalue weighted by Crippen LogP contribution is -2.26. The monoisotopic (exact) mass is 285 g/mol. The lowest BCUT2D eigenvalue weighted by molar-refractivity contribution is 0.0948. The summed E-state index contributed by atoms with van der Waals surface area (Å²) < 4.78 is 0. The fourth-order valence-electron chi connectivity index (χ4n) is 2.79. The van der Waals surface area contributed by atoms with Gasteiger partial charge in [-0.3, -0.25) is 4.79 Å². The Morgan fingerprint density at radius 2 is 2.19 bits per heavy atom. The van der Waals surface area contributed by atoms with E-state index < -0.39 is 0 Å². The van der Waals surface area contributed by atoms with Crippen molar-refractivity contribution >= 4 is 5.91 Å². The third-order valence-electron chi connectivity index (χ3n) is 4.16. The summed E-state index contributed by atoms with van der Waals surface area (Å²) in [6.07, 6.45) is 10.6. The molecule has 21 heavy (non-hydrogen) atoms. The van der Waals surface area contributed by atoms with Crippen molar-refractivity contribution in [2.75, 3.05) is 6.54 Å². The van der Waals surface area contributed by atoms with Crippen molar-refractivity contribution < 1.29 is 4.79 Å². The molecule has 0 radical (unpaired) electrons. The third-order valence-corrected chi connectivity index (χ3v) is 4.16. The predicted molar refractivity (Wildman–Crippen MR) is 82.2 cm³/mol. The van der Waals surface area contributed by atoms with Crippen LogP contribution >= 0.6 is 0 Å². The molecule has 1 fully saturated rings. The Bertz CT molecular complexity index is 561. The van der Waals surface area contributed by atoms with E-state index in [4.69, 9.17) is 0 Å². The minimum Gasteiger partial charge on any atom is -0.350 e. The SMILES string of the molecule is Cc1cc(C(=O)NCCC2=CCCCC2)nc(C2CC2)n1. The van der Waals surface area contributed by atoms with Gasteiger partial charge in [0.15, 0.2) is 0 Å². The first kappa shape index (κ1) is 14.2. The Hall–Kier alpha value is -1.71. The van der Waals surface area contributed by atoms with Crippen LogP contribution in [0, 0.1) is 6.92 Å². The van der Waals surface area contributed by atoms with Crippen LogP contribution in [0.15, 0.2) is 17.7 Å². The molecule has 2 aliphatic rings. The lowest BCUT2D eigenvalue weighted by atomic mass is 9.97. The molecule has 1 saturated carbocycles. The minimum atomic E-state index is -0.0705. The molecule has 1 heterocycles. The third kappa shape index (κ3) is 3.90. The highest BCUT2D eigenvalue weighted by molar-refractivity contribution is 5.92. The van der Waals surface area contributed by atoms with E-state index in [-0.39, 0.29) is 5.91 Å². The fourth-order valence-corrected chi connectivity index (χ4v) is 2.79. The molecule has 4 heteroatoms. The summed E-state index contributed by atoms with van der Waals surface area (Å²) in [7, 11) is 0. The first-order valence-corrected chi connectivity index (χ1v) is 8.04. The summed E-state index contributed by atoms with van der Waals surface area (Å²) >= 11 is 0. The maximum Gasteiger partial charge on any atom is 0.270 e. The Labute approximate surface area is 126 Å². The van der Waals surface area contributed by atoms with Gasteiger partial charge in [-0.15, -0.1) is 0 Å². The molecule has 0 spiro atoms. The van der Waals surface area contributed by atoms with Gasteiger partial charge >= 0.3 is 0 Å². The van der Waals surface area contributed by atoms with Crippen LogP contribution in [0.3, 0.4) is 0 Å². The van der Waals surface area contributed by atoms with Crippen molar-refractivity contribution in [1.29, 1.82) is 0 Å². The molecule has 4 nitrogen and oxygen atoms in total. The van der Waals surface area contributed by atoms with E-state index in [0.29, 0.717) is 18.2 Å². The number of hydrogen-bond acceptors (Lipinski definition) is 3. The van der Waals surface area contributed by atoms with E-state index in [9.17, 15) is 4.79 Å². The molecule has 0 saturated heterocycles. The van der Waals surface area contributed by atoms with E-state index in [2.05, 4.69) is 21.4 Å². The number of amides is 1. The maximum atomic E-state index is 12.2. The molecular weight excluding hydrogens is 262 g/mol. The van der Waals surface area contributed by atoms with E-state index in [1.807, 2.05) is 6.92 Å². The smallest absolute Gasteiger partial charge is 0.270 e. The highest BCUT2D eigenvalue weighted by Crippen LogP contribution is 2.38. The molecule has 112 valence electrons. The zero-order valence-corrected chi connectivity index (χ0v) is 12.7. The highest BCUT2D eigenvalue weighted by Gasteiger charge is 2.27. The molecular formula is C17H23N3O. The van der Waals surface area contributed by atoms with E-state index in [0.717, 1.165) is 30.8 Å². The van der Waals surface area contributed by atoms with Gasteiger partial charge in [0, 0.05) is 18.2 Å². The molecule has 0 bridgehead atoms. The average molecular weight is 285 g/mol. The summed E-state index contributed by atoms with van der Waals surface area (Å²) in [4.78, 5) is 21.1. The molecule has 2 aliphatic carbocycles. The van der Waals surface area contributed by atoms with Crippen molar-refractivity contribution in [1.82, 2.24) is 15.3 Å². The van der Waals surface area contributed by atoms with Gasteiger partial charge in [-0.25, -0.2) is 9.97 Å². The summed E-state index contributed by atoms with van der Waals surface area (Å²) in [6, 6.07) is 1.78. The van der Waals surface area contributed by atoms with Crippen LogP contribution in [0.1, 0.15) is 72.9 Å². The number of nitrogens with one attached hydrogen (secondary N) is 1. The molecule has 3 rings (SSSR count). The van der Waals surface area contributed by atoms with Gasteiger partial charge in [-0.05, 0) is 57.9 Å². The normalized spacial score (nSPS) is 18.2. The van der Waals surface area contributed by atoms with Gasteiger partial charge in [-0.2, -0.15) is 0 Å². The number of aryl methyl sites for hydroxylation is 1. The number of allylic oxidation sites excluding steroid dienone is 1. The van der Waals surface area contributed by atoms with Gasteiger partial charge in [0.1, 0.15) is 11.5 Å². The number of hydrogen-bond donors (Lipinski definition) is 1. The molecule has 1 amide bonds. The Morgan fingerprint density at radius 3 is 2.90 bits per heavy atom. The van der Waals surface area contributed by atoms with Crippen molar-refractivity contribution in [3.05, 3.63) is 34.9 Å². The molecule has 0 unspecified atom stereocenters. The topological polar surface area (TPSA) is 54.9 Å². The quantitative estimate of drug-likeness (QED) is 0.845. The van der Waals surface area contributed by atoms with Crippen LogP contribution in [0.2, 0.25) is 0 Å². The number of nitrogens with zero attached hydrogens (tertiary/aromatic N) is 2. The van der Waals surface area contributed by atoms with E-state index in [1.165, 1.54) is 31.3 Å². The molecule has 0 aliphatic heterocycles. The van der Waals surface area contributed by atoms with Gasteiger partial charge in [0.2, 0.25) is 0 Å². The second-order valence-electron chi connectivity index (χ2n) is 6.14. The minimum absolute atomic E-state index is 0.0705. The average Bonchev–Trinajstić information content (AvgIpc) is 3.32. The molecule has 1 N–H and O–H groups in total. The Morgan fingerprint density at radius 1 is 1.33 bits per heavy atom. The highest BCUT2D eigenvalue weighted by atomic mass is 16.1. The van der Waals surface area contributed by atoms with Crippen molar-refractivity contribution in [3.8, 4) is 0 Å². The summed E-state index contributed by atoms with van der Waals surface area (Å²) in [6.45, 7) is 2.63. The lowest BCUT2D eigenvalue weighted by Gasteiger charge is -2.13. The molecule has 0 atom stereocenters. The Balaban J connectivity index is 1.56. The number of carbonyl (C=O) groups is 1. The van der Waals surface area contributed by atoms with Crippen molar-refractivity contribution in [2.24, 2.45) is 0 Å². The first-order valence-electron chi connectivity index (χ1n) is 8.04. The van der Waals surface area contributed by atoms with E-state index >= 15 is 0 Å². The fraction of sp³-hybridized carbons (Fsp3) is 0.588. The molecule has 1 aromatic rings. The number of aromatic nitrogens is 2. The van der Waals surface area contributed by atoms with Crippen molar-refractivity contribution in [3.63, 3.8) is 0 Å². The zero-order chi connectivity index (χ0) is 14.7. The largest absolute Gasteiger partial charge is 0.350 e. The van der Waals surface area contributed by atoms with Crippen LogP contribution in [-0.2, 0) is 0 Å². The van der Waals surface area contributed by atoms with Crippen LogP contribution in [0.25, 0.3) is 0 Å². The summed E-state index contributed by atoms with van der Waals surface area (Å²) in [5.41, 5.74) is 2.88. The first-order chi connectivity index (χ1) is 10.2. The number of rotatable bonds is 5. The van der Waals surface area contributed by atoms with Crippen LogP contribution in [-0.4, -0.2) is 22.4 Å². The number of carbonyl (C=O) groups excluding carboxylic acids is 1. The second-order valence-corrected chi connectivity index (χ2v) is 6.14. The van der Waals surface area contributed by atoms with Crippen molar-refractivity contribution in [2.45, 2.75) is 57.8 Å². The zero-order valence-electron chi connectivity index (χ0n) is 12.7. The van der Waals surface area contributed by atoms with Crippen LogP contribution in [0.5, 0.6) is 0 Å².